The summed E-state index contributed by atoms with van der Waals surface area (Å²) in [7, 11) is -1.34. The van der Waals surface area contributed by atoms with E-state index in [0.29, 0.717) is 10.6 Å². The third-order valence-electron chi connectivity index (χ3n) is 3.13. The van der Waals surface area contributed by atoms with E-state index in [0.717, 1.165) is 12.0 Å². The summed E-state index contributed by atoms with van der Waals surface area (Å²) in [6.45, 7) is 7.75. The third-order valence-corrected chi connectivity index (χ3v) is 4.43. The second-order valence-corrected chi connectivity index (χ2v) is 6.74. The Kier molecular flexibility index (Phi) is 5.11. The molecule has 0 aliphatic rings. The van der Waals surface area contributed by atoms with Crippen molar-refractivity contribution < 1.29 is 9.00 Å². The lowest BCUT2D eigenvalue weighted by Gasteiger charge is -2.24. The zero-order chi connectivity index (χ0) is 14.6. The molecule has 0 saturated heterocycles. The van der Waals surface area contributed by atoms with Crippen LogP contribution in [0.15, 0.2) is 23.1 Å². The van der Waals surface area contributed by atoms with Gasteiger partial charge in [-0.2, -0.15) is 0 Å². The number of hydrogen-bond donors (Lipinski definition) is 2. The number of aryl methyl sites for hydroxylation is 1. The Labute approximate surface area is 117 Å². The number of hydrogen-bond acceptors (Lipinski definition) is 3. The molecule has 106 valence electrons. The standard InChI is InChI=1S/C14H22N2O2S/c1-5-14(3,4)16-13(17)9-19(18)11-6-7-12(15)10(2)8-11/h6-8H,5,9,15H2,1-4H3,(H,16,17). The largest absolute Gasteiger partial charge is 0.399 e. The van der Waals surface area contributed by atoms with Gasteiger partial charge in [0, 0.05) is 16.1 Å². The molecule has 0 aliphatic heterocycles. The minimum Gasteiger partial charge on any atom is -0.399 e. The van der Waals surface area contributed by atoms with Gasteiger partial charge >= 0.3 is 0 Å². The molecular formula is C14H22N2O2S. The Morgan fingerprint density at radius 3 is 2.58 bits per heavy atom. The molecule has 3 N–H and O–H groups in total. The lowest BCUT2D eigenvalue weighted by atomic mass is 10.0. The molecule has 0 fully saturated rings. The van der Waals surface area contributed by atoms with E-state index in [2.05, 4.69) is 5.32 Å². The van der Waals surface area contributed by atoms with E-state index >= 15 is 0 Å². The molecule has 0 heterocycles. The van der Waals surface area contributed by atoms with Gasteiger partial charge in [-0.3, -0.25) is 9.00 Å². The van der Waals surface area contributed by atoms with Crippen molar-refractivity contribution in [2.45, 2.75) is 44.6 Å². The molecule has 0 saturated carbocycles. The Hall–Kier alpha value is -1.36. The van der Waals surface area contributed by atoms with Crippen LogP contribution in [0.4, 0.5) is 5.69 Å². The van der Waals surface area contributed by atoms with Crippen molar-refractivity contribution in [3.05, 3.63) is 23.8 Å². The van der Waals surface area contributed by atoms with Crippen LogP contribution in [0.3, 0.4) is 0 Å². The van der Waals surface area contributed by atoms with Gasteiger partial charge in [0.1, 0.15) is 5.75 Å². The van der Waals surface area contributed by atoms with E-state index in [4.69, 9.17) is 5.73 Å². The predicted octanol–water partition coefficient (Wildman–Crippen LogP) is 1.99. The Morgan fingerprint density at radius 2 is 2.05 bits per heavy atom. The van der Waals surface area contributed by atoms with E-state index < -0.39 is 10.8 Å². The summed E-state index contributed by atoms with van der Waals surface area (Å²) in [5.74, 6) is -0.216. The highest BCUT2D eigenvalue weighted by molar-refractivity contribution is 7.85. The van der Waals surface area contributed by atoms with Gasteiger partial charge in [0.25, 0.3) is 0 Å². The van der Waals surface area contributed by atoms with E-state index in [1.165, 1.54) is 0 Å². The van der Waals surface area contributed by atoms with Crippen molar-refractivity contribution in [2.24, 2.45) is 0 Å². The molecule has 0 bridgehead atoms. The number of rotatable bonds is 5. The molecule has 0 aromatic heterocycles. The van der Waals surface area contributed by atoms with Crippen LogP contribution in [0.1, 0.15) is 32.8 Å². The van der Waals surface area contributed by atoms with Crippen molar-refractivity contribution in [1.82, 2.24) is 5.32 Å². The summed E-state index contributed by atoms with van der Waals surface area (Å²) in [4.78, 5) is 12.5. The molecule has 1 aromatic carbocycles. The van der Waals surface area contributed by atoms with Gasteiger partial charge in [-0.1, -0.05) is 6.92 Å². The van der Waals surface area contributed by atoms with Crippen LogP contribution in [0.5, 0.6) is 0 Å². The zero-order valence-electron chi connectivity index (χ0n) is 11.9. The van der Waals surface area contributed by atoms with Crippen LogP contribution in [0, 0.1) is 6.92 Å². The molecule has 1 unspecified atom stereocenters. The molecular weight excluding hydrogens is 260 g/mol. The van der Waals surface area contributed by atoms with Gasteiger partial charge in [0.05, 0.1) is 10.8 Å². The second-order valence-electron chi connectivity index (χ2n) is 5.29. The van der Waals surface area contributed by atoms with Gasteiger partial charge in [-0.05, 0) is 51.0 Å². The van der Waals surface area contributed by atoms with E-state index in [1.54, 1.807) is 18.2 Å². The van der Waals surface area contributed by atoms with Crippen molar-refractivity contribution in [2.75, 3.05) is 11.5 Å². The molecule has 1 atom stereocenters. The molecule has 5 heteroatoms. The number of benzene rings is 1. The Balaban J connectivity index is 2.69. The fourth-order valence-corrected chi connectivity index (χ4v) is 2.50. The number of amides is 1. The molecule has 0 radical (unpaired) electrons. The lowest BCUT2D eigenvalue weighted by molar-refractivity contribution is -0.120. The van der Waals surface area contributed by atoms with Crippen molar-refractivity contribution >= 4 is 22.4 Å². The monoisotopic (exact) mass is 282 g/mol. The zero-order valence-corrected chi connectivity index (χ0v) is 12.8. The highest BCUT2D eigenvalue weighted by Gasteiger charge is 2.19. The molecule has 4 nitrogen and oxygen atoms in total. The maximum atomic E-state index is 12.1. The van der Waals surface area contributed by atoms with Crippen molar-refractivity contribution in [3.8, 4) is 0 Å². The SMILES string of the molecule is CCC(C)(C)NC(=O)CS(=O)c1ccc(N)c(C)c1. The van der Waals surface area contributed by atoms with Crippen LogP contribution in [-0.4, -0.2) is 21.4 Å². The molecule has 1 rings (SSSR count). The second kappa shape index (κ2) is 6.19. The average Bonchev–Trinajstić information content (AvgIpc) is 2.31. The summed E-state index contributed by atoms with van der Waals surface area (Å²) < 4.78 is 12.1. The van der Waals surface area contributed by atoms with Crippen molar-refractivity contribution in [1.29, 1.82) is 0 Å². The lowest BCUT2D eigenvalue weighted by Crippen LogP contribution is -2.44. The summed E-state index contributed by atoms with van der Waals surface area (Å²) in [6, 6.07) is 5.19. The summed E-state index contributed by atoms with van der Waals surface area (Å²) in [5.41, 5.74) is 6.99. The van der Waals surface area contributed by atoms with Gasteiger partial charge in [0.2, 0.25) is 5.91 Å². The maximum absolute atomic E-state index is 12.1. The van der Waals surface area contributed by atoms with E-state index in [-0.39, 0.29) is 17.2 Å². The molecule has 1 aromatic rings. The number of nitrogens with one attached hydrogen (secondary N) is 1. The van der Waals surface area contributed by atoms with Crippen molar-refractivity contribution in [3.63, 3.8) is 0 Å². The average molecular weight is 282 g/mol. The first kappa shape index (κ1) is 15.7. The normalized spacial score (nSPS) is 13.1. The van der Waals surface area contributed by atoms with Crippen LogP contribution < -0.4 is 11.1 Å². The van der Waals surface area contributed by atoms with Gasteiger partial charge < -0.3 is 11.1 Å². The number of nitrogen functional groups attached to an aromatic ring is 1. The first-order chi connectivity index (χ1) is 8.75. The summed E-state index contributed by atoms with van der Waals surface area (Å²) in [5, 5.41) is 2.88. The smallest absolute Gasteiger partial charge is 0.233 e. The topological polar surface area (TPSA) is 72.2 Å². The Morgan fingerprint density at radius 1 is 1.42 bits per heavy atom. The fourth-order valence-electron chi connectivity index (χ4n) is 1.49. The highest BCUT2D eigenvalue weighted by atomic mass is 32.2. The molecule has 19 heavy (non-hydrogen) atoms. The van der Waals surface area contributed by atoms with Gasteiger partial charge in [-0.15, -0.1) is 0 Å². The fraction of sp³-hybridized carbons (Fsp3) is 0.500. The van der Waals surface area contributed by atoms with Crippen LogP contribution in [0.25, 0.3) is 0 Å². The third kappa shape index (κ3) is 4.67. The minimum absolute atomic E-state index is 0.0210. The highest BCUT2D eigenvalue weighted by Crippen LogP contribution is 2.16. The number of anilines is 1. The Bertz CT molecular complexity index is 498. The van der Waals surface area contributed by atoms with Crippen LogP contribution >= 0.6 is 0 Å². The number of carbonyl (C=O) groups excluding carboxylic acids is 1. The molecule has 0 spiro atoms. The van der Waals surface area contributed by atoms with E-state index in [1.807, 2.05) is 27.7 Å². The summed E-state index contributed by atoms with van der Waals surface area (Å²) >= 11 is 0. The van der Waals surface area contributed by atoms with Gasteiger partial charge in [0.15, 0.2) is 0 Å². The predicted molar refractivity (Wildman–Crippen MR) is 79.4 cm³/mol. The van der Waals surface area contributed by atoms with E-state index in [9.17, 15) is 9.00 Å². The van der Waals surface area contributed by atoms with Crippen LogP contribution in [-0.2, 0) is 15.6 Å². The number of nitrogens with two attached hydrogens (primary N) is 1. The molecule has 1 amide bonds. The first-order valence-corrected chi connectivity index (χ1v) is 7.62. The quantitative estimate of drug-likeness (QED) is 0.811. The van der Waals surface area contributed by atoms with Gasteiger partial charge in [-0.25, -0.2) is 0 Å². The minimum atomic E-state index is -1.34. The van der Waals surface area contributed by atoms with Crippen LogP contribution in [0.2, 0.25) is 0 Å². The molecule has 0 aliphatic carbocycles. The number of carbonyl (C=O) groups is 1. The first-order valence-electron chi connectivity index (χ1n) is 6.30. The maximum Gasteiger partial charge on any atom is 0.233 e. The summed E-state index contributed by atoms with van der Waals surface area (Å²) in [6.07, 6.45) is 0.826.